The SMILES string of the molecule is CN(C)c1ccc(C2NCCc3c2sc2ncnn32)cc1. The lowest BCUT2D eigenvalue weighted by Gasteiger charge is -2.24. The number of hydrogen-bond acceptors (Lipinski definition) is 5. The molecule has 0 spiro atoms. The predicted octanol–water partition coefficient (Wildman–Crippen LogP) is 2.09. The van der Waals surface area contributed by atoms with Crippen LogP contribution in [0, 0.1) is 0 Å². The molecule has 1 unspecified atom stereocenters. The van der Waals surface area contributed by atoms with E-state index >= 15 is 0 Å². The van der Waals surface area contributed by atoms with Crippen LogP contribution < -0.4 is 10.2 Å². The van der Waals surface area contributed by atoms with Gasteiger partial charge in [-0.3, -0.25) is 0 Å². The van der Waals surface area contributed by atoms with Gasteiger partial charge in [-0.05, 0) is 17.7 Å². The van der Waals surface area contributed by atoms with Crippen LogP contribution in [-0.2, 0) is 6.42 Å². The summed E-state index contributed by atoms with van der Waals surface area (Å²) in [6.07, 6.45) is 2.64. The van der Waals surface area contributed by atoms with Gasteiger partial charge in [0.25, 0.3) is 0 Å². The fourth-order valence-corrected chi connectivity index (χ4v) is 4.05. The number of anilines is 1. The lowest BCUT2D eigenvalue weighted by atomic mass is 9.99. The number of hydrogen-bond donors (Lipinski definition) is 1. The fraction of sp³-hybridized carbons (Fsp3) is 0.333. The third-order valence-electron chi connectivity index (χ3n) is 3.97. The van der Waals surface area contributed by atoms with Gasteiger partial charge in [-0.15, -0.1) is 0 Å². The van der Waals surface area contributed by atoms with Crippen molar-refractivity contribution < 1.29 is 0 Å². The van der Waals surface area contributed by atoms with Crippen molar-refractivity contribution in [2.45, 2.75) is 12.5 Å². The van der Waals surface area contributed by atoms with Crippen molar-refractivity contribution >= 4 is 22.0 Å². The smallest absolute Gasteiger partial charge is 0.212 e. The summed E-state index contributed by atoms with van der Waals surface area (Å²) in [5.74, 6) is 0. The van der Waals surface area contributed by atoms with E-state index in [1.807, 2.05) is 4.52 Å². The van der Waals surface area contributed by atoms with Crippen molar-refractivity contribution in [3.63, 3.8) is 0 Å². The first-order valence-electron chi connectivity index (χ1n) is 7.06. The van der Waals surface area contributed by atoms with E-state index in [2.05, 4.69) is 58.7 Å². The van der Waals surface area contributed by atoms with Crippen LogP contribution in [0.2, 0.25) is 0 Å². The monoisotopic (exact) mass is 299 g/mol. The first kappa shape index (κ1) is 12.8. The lowest BCUT2D eigenvalue weighted by Crippen LogP contribution is -2.30. The Morgan fingerprint density at radius 3 is 2.86 bits per heavy atom. The molecule has 6 heteroatoms. The van der Waals surface area contributed by atoms with E-state index in [1.54, 1.807) is 17.7 Å². The lowest BCUT2D eigenvalue weighted by molar-refractivity contribution is 0.562. The van der Waals surface area contributed by atoms with Crippen LogP contribution in [0.1, 0.15) is 22.2 Å². The van der Waals surface area contributed by atoms with Gasteiger partial charge >= 0.3 is 0 Å². The van der Waals surface area contributed by atoms with Crippen LogP contribution >= 0.6 is 11.3 Å². The molecule has 0 saturated heterocycles. The Morgan fingerprint density at radius 2 is 2.10 bits per heavy atom. The third-order valence-corrected chi connectivity index (χ3v) is 5.13. The van der Waals surface area contributed by atoms with Gasteiger partial charge in [0, 0.05) is 32.7 Å². The first-order chi connectivity index (χ1) is 10.2. The molecule has 1 aliphatic rings. The molecule has 0 bridgehead atoms. The number of fused-ring (bicyclic) bond motifs is 3. The Hall–Kier alpha value is -1.92. The molecular weight excluding hydrogens is 282 g/mol. The second kappa shape index (κ2) is 4.82. The molecular formula is C15H17N5S. The molecule has 0 radical (unpaired) electrons. The minimum atomic E-state index is 0.249. The molecule has 1 aromatic carbocycles. The molecule has 0 aliphatic carbocycles. The molecule has 1 aliphatic heterocycles. The van der Waals surface area contributed by atoms with Crippen LogP contribution in [0.15, 0.2) is 30.6 Å². The van der Waals surface area contributed by atoms with Crippen molar-refractivity contribution in [3.05, 3.63) is 46.7 Å². The minimum absolute atomic E-state index is 0.249. The quantitative estimate of drug-likeness (QED) is 0.787. The van der Waals surface area contributed by atoms with Crippen LogP contribution in [-0.4, -0.2) is 35.2 Å². The molecule has 3 aromatic rings. The molecule has 5 nitrogen and oxygen atoms in total. The second-order valence-corrected chi connectivity index (χ2v) is 6.50. The third kappa shape index (κ3) is 2.02. The van der Waals surface area contributed by atoms with Crippen molar-refractivity contribution in [2.75, 3.05) is 25.5 Å². The summed E-state index contributed by atoms with van der Waals surface area (Å²) < 4.78 is 1.99. The normalized spacial score (nSPS) is 17.9. The average molecular weight is 299 g/mol. The highest BCUT2D eigenvalue weighted by Crippen LogP contribution is 2.35. The van der Waals surface area contributed by atoms with E-state index < -0.39 is 0 Å². The summed E-state index contributed by atoms with van der Waals surface area (Å²) in [4.78, 5) is 8.77. The molecule has 3 heterocycles. The number of rotatable bonds is 2. The van der Waals surface area contributed by atoms with Gasteiger partial charge in [-0.25, -0.2) is 9.50 Å². The standard InChI is InChI=1S/C15H17N5S/c1-19(2)11-5-3-10(4-6-11)13-14-12(7-8-16-13)20-15(21-14)17-9-18-20/h3-6,9,13,16H,7-8H2,1-2H3. The van der Waals surface area contributed by atoms with E-state index in [0.29, 0.717) is 0 Å². The number of benzene rings is 1. The van der Waals surface area contributed by atoms with Gasteiger partial charge in [-0.1, -0.05) is 23.5 Å². The summed E-state index contributed by atoms with van der Waals surface area (Å²) in [6.45, 7) is 0.971. The highest BCUT2D eigenvalue weighted by molar-refractivity contribution is 7.17. The Kier molecular flexibility index (Phi) is 2.94. The van der Waals surface area contributed by atoms with Crippen molar-refractivity contribution in [1.29, 1.82) is 0 Å². The van der Waals surface area contributed by atoms with E-state index in [1.165, 1.54) is 21.8 Å². The number of nitrogens with one attached hydrogen (secondary N) is 1. The van der Waals surface area contributed by atoms with E-state index in [4.69, 9.17) is 0 Å². The highest BCUT2D eigenvalue weighted by atomic mass is 32.1. The molecule has 0 saturated carbocycles. The van der Waals surface area contributed by atoms with Gasteiger partial charge in [0.1, 0.15) is 6.33 Å². The summed E-state index contributed by atoms with van der Waals surface area (Å²) in [6, 6.07) is 9.00. The largest absolute Gasteiger partial charge is 0.378 e. The maximum atomic E-state index is 4.34. The molecule has 0 amide bonds. The van der Waals surface area contributed by atoms with Gasteiger partial charge in [0.2, 0.25) is 4.96 Å². The zero-order chi connectivity index (χ0) is 14.4. The second-order valence-electron chi connectivity index (χ2n) is 5.49. The average Bonchev–Trinajstić information content (AvgIpc) is 3.08. The fourth-order valence-electron chi connectivity index (χ4n) is 2.86. The highest BCUT2D eigenvalue weighted by Gasteiger charge is 2.26. The van der Waals surface area contributed by atoms with Gasteiger partial charge in [-0.2, -0.15) is 5.10 Å². The molecule has 108 valence electrons. The van der Waals surface area contributed by atoms with Crippen LogP contribution in [0.4, 0.5) is 5.69 Å². The van der Waals surface area contributed by atoms with Crippen LogP contribution in [0.25, 0.3) is 4.96 Å². The number of nitrogens with zero attached hydrogens (tertiary/aromatic N) is 4. The summed E-state index contributed by atoms with van der Waals surface area (Å²) in [5, 5.41) is 7.96. The molecule has 0 fully saturated rings. The van der Waals surface area contributed by atoms with Crippen LogP contribution in [0.5, 0.6) is 0 Å². The van der Waals surface area contributed by atoms with Gasteiger partial charge in [0.15, 0.2) is 0 Å². The molecule has 1 atom stereocenters. The van der Waals surface area contributed by atoms with Crippen molar-refractivity contribution in [1.82, 2.24) is 19.9 Å². The molecule has 2 aromatic heterocycles. The topological polar surface area (TPSA) is 45.5 Å². The Labute approximate surface area is 127 Å². The summed E-state index contributed by atoms with van der Waals surface area (Å²) >= 11 is 1.74. The zero-order valence-corrected chi connectivity index (χ0v) is 12.9. The van der Waals surface area contributed by atoms with Crippen LogP contribution in [0.3, 0.4) is 0 Å². The van der Waals surface area contributed by atoms with Crippen molar-refractivity contribution in [3.8, 4) is 0 Å². The van der Waals surface area contributed by atoms with E-state index in [9.17, 15) is 0 Å². The number of aromatic nitrogens is 3. The molecule has 4 rings (SSSR count). The Morgan fingerprint density at radius 1 is 1.29 bits per heavy atom. The molecule has 1 N–H and O–H groups in total. The Balaban J connectivity index is 1.76. The van der Waals surface area contributed by atoms with Gasteiger partial charge in [0.05, 0.1) is 16.6 Å². The Bertz CT molecular complexity index is 771. The number of thiazole rings is 1. The van der Waals surface area contributed by atoms with E-state index in [0.717, 1.165) is 17.9 Å². The van der Waals surface area contributed by atoms with Gasteiger partial charge < -0.3 is 10.2 Å². The maximum absolute atomic E-state index is 4.34. The molecule has 21 heavy (non-hydrogen) atoms. The van der Waals surface area contributed by atoms with Crippen molar-refractivity contribution in [2.24, 2.45) is 0 Å². The van der Waals surface area contributed by atoms with E-state index in [-0.39, 0.29) is 6.04 Å². The summed E-state index contributed by atoms with van der Waals surface area (Å²) in [7, 11) is 4.12. The predicted molar refractivity (Wildman–Crippen MR) is 85.2 cm³/mol. The minimum Gasteiger partial charge on any atom is -0.378 e. The first-order valence-corrected chi connectivity index (χ1v) is 7.87. The maximum Gasteiger partial charge on any atom is 0.212 e. The zero-order valence-electron chi connectivity index (χ0n) is 12.1. The summed E-state index contributed by atoms with van der Waals surface area (Å²) in [5.41, 5.74) is 3.82.